The lowest BCUT2D eigenvalue weighted by Gasteiger charge is -2.15. The molecule has 0 atom stereocenters. The molecular weight excluding hydrogens is 376 g/mol. The molecule has 6 heteroatoms. The molecular formula is C17H23BrN2O2S. The second-order valence-corrected chi connectivity index (χ2v) is 7.71. The van der Waals surface area contributed by atoms with Gasteiger partial charge in [-0.15, -0.1) is 11.8 Å². The van der Waals surface area contributed by atoms with Gasteiger partial charge in [0.1, 0.15) is 0 Å². The first-order chi connectivity index (χ1) is 11.0. The number of hydrogen-bond donors (Lipinski definition) is 1. The van der Waals surface area contributed by atoms with Crippen molar-refractivity contribution in [3.63, 3.8) is 0 Å². The standard InChI is InChI=1S/C17H23BrN2O2S/c1-12-10-15(13(2)9-14(12)18)23-11-16(21)19-6-4-8-20-7-3-5-17(20)22/h9-10H,3-8,11H2,1-2H3,(H,19,21). The summed E-state index contributed by atoms with van der Waals surface area (Å²) in [5.41, 5.74) is 2.35. The number of nitrogens with zero attached hydrogens (tertiary/aromatic N) is 1. The van der Waals surface area contributed by atoms with Crippen LogP contribution in [0.5, 0.6) is 0 Å². The summed E-state index contributed by atoms with van der Waals surface area (Å²) in [5, 5.41) is 2.93. The SMILES string of the molecule is Cc1cc(SCC(=O)NCCCN2CCCC2=O)c(C)cc1Br. The lowest BCUT2D eigenvalue weighted by molar-refractivity contribution is -0.127. The van der Waals surface area contributed by atoms with Gasteiger partial charge in [0.25, 0.3) is 0 Å². The van der Waals surface area contributed by atoms with Crippen molar-refractivity contribution in [3.05, 3.63) is 27.7 Å². The van der Waals surface area contributed by atoms with Gasteiger partial charge in [-0.1, -0.05) is 15.9 Å². The van der Waals surface area contributed by atoms with Crippen LogP contribution in [0.15, 0.2) is 21.5 Å². The highest BCUT2D eigenvalue weighted by Crippen LogP contribution is 2.28. The first kappa shape index (κ1) is 18.3. The van der Waals surface area contributed by atoms with Crippen molar-refractivity contribution >= 4 is 39.5 Å². The molecule has 0 radical (unpaired) electrons. The fourth-order valence-electron chi connectivity index (χ4n) is 2.54. The highest BCUT2D eigenvalue weighted by atomic mass is 79.9. The quantitative estimate of drug-likeness (QED) is 0.566. The van der Waals surface area contributed by atoms with Crippen molar-refractivity contribution in [2.24, 2.45) is 0 Å². The number of aryl methyl sites for hydroxylation is 2. The van der Waals surface area contributed by atoms with Crippen LogP contribution in [0.25, 0.3) is 0 Å². The van der Waals surface area contributed by atoms with E-state index in [1.165, 1.54) is 11.1 Å². The summed E-state index contributed by atoms with van der Waals surface area (Å²) in [4.78, 5) is 26.4. The lowest BCUT2D eigenvalue weighted by Crippen LogP contribution is -2.31. The minimum atomic E-state index is 0.0442. The van der Waals surface area contributed by atoms with Gasteiger partial charge < -0.3 is 10.2 Å². The number of amides is 2. The van der Waals surface area contributed by atoms with Gasteiger partial charge in [0.15, 0.2) is 0 Å². The zero-order chi connectivity index (χ0) is 16.8. The average Bonchev–Trinajstić information content (AvgIpc) is 2.91. The third-order valence-corrected chi connectivity index (χ3v) is 5.93. The van der Waals surface area contributed by atoms with Gasteiger partial charge >= 0.3 is 0 Å². The summed E-state index contributed by atoms with van der Waals surface area (Å²) >= 11 is 5.08. The molecule has 1 aliphatic heterocycles. The van der Waals surface area contributed by atoms with Crippen LogP contribution in [-0.4, -0.2) is 42.1 Å². The number of rotatable bonds is 7. The van der Waals surface area contributed by atoms with E-state index in [4.69, 9.17) is 0 Å². The summed E-state index contributed by atoms with van der Waals surface area (Å²) in [6.45, 7) is 6.34. The van der Waals surface area contributed by atoms with E-state index in [0.29, 0.717) is 18.7 Å². The Morgan fingerprint density at radius 1 is 1.35 bits per heavy atom. The van der Waals surface area contributed by atoms with Crippen molar-refractivity contribution < 1.29 is 9.59 Å². The molecule has 23 heavy (non-hydrogen) atoms. The van der Waals surface area contributed by atoms with E-state index in [9.17, 15) is 9.59 Å². The van der Waals surface area contributed by atoms with Gasteiger partial charge in [-0.05, 0) is 49.9 Å². The van der Waals surface area contributed by atoms with E-state index in [0.717, 1.165) is 35.3 Å². The Hall–Kier alpha value is -1.01. The van der Waals surface area contributed by atoms with E-state index >= 15 is 0 Å². The summed E-state index contributed by atoms with van der Waals surface area (Å²) in [7, 11) is 0. The summed E-state index contributed by atoms with van der Waals surface area (Å²) in [6.07, 6.45) is 2.46. The van der Waals surface area contributed by atoms with Crippen molar-refractivity contribution in [1.29, 1.82) is 0 Å². The summed E-state index contributed by atoms with van der Waals surface area (Å²) in [5.74, 6) is 0.709. The fraction of sp³-hybridized carbons (Fsp3) is 0.529. The maximum absolute atomic E-state index is 11.9. The molecule has 1 fully saturated rings. The van der Waals surface area contributed by atoms with Gasteiger partial charge in [0.05, 0.1) is 5.75 Å². The highest BCUT2D eigenvalue weighted by Gasteiger charge is 2.19. The molecule has 1 aliphatic rings. The second kappa shape index (κ2) is 8.73. The Morgan fingerprint density at radius 3 is 2.83 bits per heavy atom. The van der Waals surface area contributed by atoms with E-state index in [-0.39, 0.29) is 11.8 Å². The van der Waals surface area contributed by atoms with Gasteiger partial charge in [-0.25, -0.2) is 0 Å². The number of carbonyl (C=O) groups excluding carboxylic acids is 2. The molecule has 1 aromatic rings. The maximum Gasteiger partial charge on any atom is 0.230 e. The number of halogens is 1. The van der Waals surface area contributed by atoms with Crippen LogP contribution in [0.2, 0.25) is 0 Å². The maximum atomic E-state index is 11.9. The predicted octanol–water partition coefficient (Wildman–Crippen LogP) is 3.29. The molecule has 0 aliphatic carbocycles. The Balaban J connectivity index is 1.67. The van der Waals surface area contributed by atoms with E-state index in [2.05, 4.69) is 40.3 Å². The predicted molar refractivity (Wildman–Crippen MR) is 97.8 cm³/mol. The average molecular weight is 399 g/mol. The van der Waals surface area contributed by atoms with Crippen LogP contribution in [0.1, 0.15) is 30.4 Å². The minimum Gasteiger partial charge on any atom is -0.355 e. The van der Waals surface area contributed by atoms with Gasteiger partial charge in [0, 0.05) is 35.4 Å². The fourth-order valence-corrected chi connectivity index (χ4v) is 3.94. The Morgan fingerprint density at radius 2 is 2.13 bits per heavy atom. The molecule has 0 saturated carbocycles. The Labute approximate surface area is 150 Å². The van der Waals surface area contributed by atoms with Crippen LogP contribution >= 0.6 is 27.7 Å². The van der Waals surface area contributed by atoms with Crippen LogP contribution in [-0.2, 0) is 9.59 Å². The molecule has 1 aromatic carbocycles. The molecule has 1 saturated heterocycles. The zero-order valence-corrected chi connectivity index (χ0v) is 16.1. The normalized spacial score (nSPS) is 14.4. The lowest BCUT2D eigenvalue weighted by atomic mass is 10.2. The summed E-state index contributed by atoms with van der Waals surface area (Å²) < 4.78 is 1.10. The molecule has 0 spiro atoms. The molecule has 2 amide bonds. The Kier molecular flexibility index (Phi) is 6.96. The first-order valence-corrected chi connectivity index (χ1v) is 9.69. The number of benzene rings is 1. The molecule has 2 rings (SSSR count). The second-order valence-electron chi connectivity index (χ2n) is 5.84. The highest BCUT2D eigenvalue weighted by molar-refractivity contribution is 9.10. The van der Waals surface area contributed by atoms with Crippen LogP contribution < -0.4 is 5.32 Å². The zero-order valence-electron chi connectivity index (χ0n) is 13.7. The van der Waals surface area contributed by atoms with Gasteiger partial charge in [-0.2, -0.15) is 0 Å². The third-order valence-electron chi connectivity index (χ3n) is 3.91. The first-order valence-electron chi connectivity index (χ1n) is 7.91. The van der Waals surface area contributed by atoms with Gasteiger partial charge in [-0.3, -0.25) is 9.59 Å². The van der Waals surface area contributed by atoms with Crippen molar-refractivity contribution in [2.75, 3.05) is 25.4 Å². The molecule has 4 nitrogen and oxygen atoms in total. The summed E-state index contributed by atoms with van der Waals surface area (Å²) in [6, 6.07) is 4.19. The molecule has 0 unspecified atom stereocenters. The minimum absolute atomic E-state index is 0.0442. The monoisotopic (exact) mass is 398 g/mol. The van der Waals surface area contributed by atoms with Gasteiger partial charge in [0.2, 0.25) is 11.8 Å². The molecule has 126 valence electrons. The number of nitrogens with one attached hydrogen (secondary N) is 1. The number of likely N-dealkylation sites (tertiary alicyclic amines) is 1. The molecule has 0 aromatic heterocycles. The topological polar surface area (TPSA) is 49.4 Å². The van der Waals surface area contributed by atoms with E-state index in [1.54, 1.807) is 11.8 Å². The van der Waals surface area contributed by atoms with E-state index in [1.807, 2.05) is 11.8 Å². The van der Waals surface area contributed by atoms with E-state index < -0.39 is 0 Å². The van der Waals surface area contributed by atoms with Crippen LogP contribution in [0, 0.1) is 13.8 Å². The Bertz CT molecular complexity index is 592. The molecule has 1 N–H and O–H groups in total. The van der Waals surface area contributed by atoms with Crippen LogP contribution in [0.3, 0.4) is 0 Å². The molecule has 1 heterocycles. The number of hydrogen-bond acceptors (Lipinski definition) is 3. The largest absolute Gasteiger partial charge is 0.355 e. The molecule has 0 bridgehead atoms. The number of carbonyl (C=O) groups is 2. The number of thioether (sulfide) groups is 1. The smallest absolute Gasteiger partial charge is 0.230 e. The van der Waals surface area contributed by atoms with Crippen molar-refractivity contribution in [2.45, 2.75) is 38.0 Å². The van der Waals surface area contributed by atoms with Crippen LogP contribution in [0.4, 0.5) is 0 Å². The third kappa shape index (κ3) is 5.53. The van der Waals surface area contributed by atoms with Crippen molar-refractivity contribution in [3.8, 4) is 0 Å². The van der Waals surface area contributed by atoms with Crippen molar-refractivity contribution in [1.82, 2.24) is 10.2 Å².